The standard InChI is InChI=1S/C9H12IN3O3/c10-7-8(11-5-12-9(7)15)13-1-2-16-4-6(13)3-14/h5-6,14H,1-4H2,(H,11,12,15). The SMILES string of the molecule is O=c1[nH]cnc(N2CCOCC2CO)c1I. The van der Waals surface area contributed by atoms with E-state index in [4.69, 9.17) is 4.74 Å². The predicted molar refractivity (Wildman–Crippen MR) is 66.6 cm³/mol. The van der Waals surface area contributed by atoms with Crippen molar-refractivity contribution in [2.45, 2.75) is 6.04 Å². The van der Waals surface area contributed by atoms with Gasteiger partial charge in [0.25, 0.3) is 5.56 Å². The third-order valence-corrected chi connectivity index (χ3v) is 3.46. The summed E-state index contributed by atoms with van der Waals surface area (Å²) in [6, 6.07) is -0.128. The summed E-state index contributed by atoms with van der Waals surface area (Å²) >= 11 is 1.96. The van der Waals surface area contributed by atoms with Crippen LogP contribution in [-0.2, 0) is 4.74 Å². The van der Waals surface area contributed by atoms with Crippen molar-refractivity contribution >= 4 is 28.4 Å². The molecule has 2 heterocycles. The van der Waals surface area contributed by atoms with E-state index < -0.39 is 0 Å². The second kappa shape index (κ2) is 5.11. The van der Waals surface area contributed by atoms with Gasteiger partial charge < -0.3 is 19.7 Å². The van der Waals surface area contributed by atoms with Gasteiger partial charge in [0.15, 0.2) is 0 Å². The Kier molecular flexibility index (Phi) is 3.77. The van der Waals surface area contributed by atoms with E-state index >= 15 is 0 Å². The number of aromatic nitrogens is 2. The zero-order valence-corrected chi connectivity index (χ0v) is 10.7. The van der Waals surface area contributed by atoms with Gasteiger partial charge in [-0.1, -0.05) is 0 Å². The van der Waals surface area contributed by atoms with Gasteiger partial charge in [0, 0.05) is 6.54 Å². The number of nitrogens with one attached hydrogen (secondary N) is 1. The van der Waals surface area contributed by atoms with E-state index in [0.29, 0.717) is 29.1 Å². The van der Waals surface area contributed by atoms with Gasteiger partial charge in [-0.05, 0) is 22.6 Å². The van der Waals surface area contributed by atoms with E-state index in [1.807, 2.05) is 27.5 Å². The van der Waals surface area contributed by atoms with Crippen LogP contribution >= 0.6 is 22.6 Å². The Bertz CT molecular complexity index is 423. The maximum atomic E-state index is 11.5. The predicted octanol–water partition coefficient (Wildman–Crippen LogP) is -0.428. The first-order valence-electron chi connectivity index (χ1n) is 4.92. The van der Waals surface area contributed by atoms with Crippen molar-refractivity contribution in [2.24, 2.45) is 0 Å². The lowest BCUT2D eigenvalue weighted by molar-refractivity contribution is 0.0721. The third-order valence-electron chi connectivity index (χ3n) is 2.49. The average Bonchev–Trinajstić information content (AvgIpc) is 2.33. The second-order valence-electron chi connectivity index (χ2n) is 3.47. The minimum atomic E-state index is -0.159. The van der Waals surface area contributed by atoms with Crippen LogP contribution in [0.3, 0.4) is 0 Å². The lowest BCUT2D eigenvalue weighted by Gasteiger charge is -2.35. The van der Waals surface area contributed by atoms with E-state index in [2.05, 4.69) is 9.97 Å². The van der Waals surface area contributed by atoms with Crippen LogP contribution < -0.4 is 10.5 Å². The molecule has 16 heavy (non-hydrogen) atoms. The first kappa shape index (κ1) is 11.8. The van der Waals surface area contributed by atoms with Crippen molar-refractivity contribution in [3.8, 4) is 0 Å². The van der Waals surface area contributed by atoms with Crippen LogP contribution in [-0.4, -0.2) is 47.5 Å². The Labute approximate surface area is 106 Å². The number of anilines is 1. The fourth-order valence-electron chi connectivity index (χ4n) is 1.66. The minimum Gasteiger partial charge on any atom is -0.394 e. The first-order chi connectivity index (χ1) is 7.74. The van der Waals surface area contributed by atoms with E-state index in [0.717, 1.165) is 0 Å². The second-order valence-corrected chi connectivity index (χ2v) is 4.55. The van der Waals surface area contributed by atoms with Crippen LogP contribution in [0.5, 0.6) is 0 Å². The summed E-state index contributed by atoms with van der Waals surface area (Å²) in [5.74, 6) is 0.617. The molecule has 6 nitrogen and oxygen atoms in total. The van der Waals surface area contributed by atoms with E-state index in [1.54, 1.807) is 0 Å². The van der Waals surface area contributed by atoms with Crippen LogP contribution in [0.25, 0.3) is 0 Å². The highest BCUT2D eigenvalue weighted by molar-refractivity contribution is 14.1. The Morgan fingerprint density at radius 2 is 2.56 bits per heavy atom. The average molecular weight is 337 g/mol. The third kappa shape index (κ3) is 2.20. The largest absolute Gasteiger partial charge is 0.394 e. The number of hydrogen-bond donors (Lipinski definition) is 2. The maximum Gasteiger partial charge on any atom is 0.266 e. The van der Waals surface area contributed by atoms with Crippen molar-refractivity contribution in [1.29, 1.82) is 0 Å². The number of morpholine rings is 1. The Hall–Kier alpha value is -0.670. The molecular weight excluding hydrogens is 325 g/mol. The van der Waals surface area contributed by atoms with Crippen LogP contribution in [0.2, 0.25) is 0 Å². The lowest BCUT2D eigenvalue weighted by Crippen LogP contribution is -2.48. The Balaban J connectivity index is 2.34. The van der Waals surface area contributed by atoms with Gasteiger partial charge in [0.2, 0.25) is 0 Å². The molecule has 0 bridgehead atoms. The van der Waals surface area contributed by atoms with Crippen LogP contribution in [0.1, 0.15) is 0 Å². The van der Waals surface area contributed by atoms with Gasteiger partial charge in [0.05, 0.1) is 32.2 Å². The number of aliphatic hydroxyl groups excluding tert-OH is 1. The summed E-state index contributed by atoms with van der Waals surface area (Å²) in [6.45, 7) is 1.67. The quantitative estimate of drug-likeness (QED) is 0.717. The molecule has 0 amide bonds. The number of aromatic amines is 1. The van der Waals surface area contributed by atoms with Crippen molar-refractivity contribution in [3.63, 3.8) is 0 Å². The number of H-pyrrole nitrogens is 1. The van der Waals surface area contributed by atoms with Gasteiger partial charge in [-0.25, -0.2) is 4.98 Å². The number of aliphatic hydroxyl groups is 1. The fraction of sp³-hybridized carbons (Fsp3) is 0.556. The number of nitrogens with zero attached hydrogens (tertiary/aromatic N) is 2. The highest BCUT2D eigenvalue weighted by Crippen LogP contribution is 2.20. The van der Waals surface area contributed by atoms with Crippen LogP contribution in [0.15, 0.2) is 11.1 Å². The Morgan fingerprint density at radius 3 is 3.31 bits per heavy atom. The van der Waals surface area contributed by atoms with Gasteiger partial charge in [-0.3, -0.25) is 4.79 Å². The lowest BCUT2D eigenvalue weighted by atomic mass is 10.2. The summed E-state index contributed by atoms with van der Waals surface area (Å²) in [6.07, 6.45) is 1.38. The van der Waals surface area contributed by atoms with Crippen LogP contribution in [0, 0.1) is 3.57 Å². The number of hydrogen-bond acceptors (Lipinski definition) is 5. The molecule has 0 saturated carbocycles. The molecular formula is C9H12IN3O3. The number of halogens is 1. The molecule has 1 atom stereocenters. The molecule has 88 valence electrons. The van der Waals surface area contributed by atoms with Gasteiger partial charge >= 0.3 is 0 Å². The molecule has 1 saturated heterocycles. The van der Waals surface area contributed by atoms with Gasteiger partial charge in [0.1, 0.15) is 9.39 Å². The summed E-state index contributed by atoms with van der Waals surface area (Å²) in [7, 11) is 0. The highest BCUT2D eigenvalue weighted by atomic mass is 127. The Morgan fingerprint density at radius 1 is 1.75 bits per heavy atom. The van der Waals surface area contributed by atoms with E-state index in [9.17, 15) is 9.90 Å². The molecule has 2 rings (SSSR count). The van der Waals surface area contributed by atoms with Crippen molar-refractivity contribution < 1.29 is 9.84 Å². The fourth-order valence-corrected chi connectivity index (χ4v) is 2.26. The first-order valence-corrected chi connectivity index (χ1v) is 6.00. The van der Waals surface area contributed by atoms with Crippen LogP contribution in [0.4, 0.5) is 5.82 Å². The molecule has 1 aromatic rings. The molecule has 0 aromatic carbocycles. The summed E-state index contributed by atoms with van der Waals surface area (Å²) in [4.78, 5) is 20.0. The van der Waals surface area contributed by atoms with Crippen molar-refractivity contribution in [1.82, 2.24) is 9.97 Å². The summed E-state index contributed by atoms with van der Waals surface area (Å²) in [5, 5.41) is 9.25. The van der Waals surface area contributed by atoms with E-state index in [1.165, 1.54) is 6.33 Å². The number of ether oxygens (including phenoxy) is 1. The normalized spacial score (nSPS) is 21.1. The van der Waals surface area contributed by atoms with E-state index in [-0.39, 0.29) is 18.2 Å². The zero-order valence-electron chi connectivity index (χ0n) is 8.52. The van der Waals surface area contributed by atoms with Crippen molar-refractivity contribution in [2.75, 3.05) is 31.3 Å². The van der Waals surface area contributed by atoms with Gasteiger partial charge in [-0.15, -0.1) is 0 Å². The molecule has 1 aromatic heterocycles. The molecule has 2 N–H and O–H groups in total. The molecule has 1 aliphatic heterocycles. The smallest absolute Gasteiger partial charge is 0.266 e. The minimum absolute atomic E-state index is 0.00937. The molecule has 0 spiro atoms. The zero-order chi connectivity index (χ0) is 11.5. The molecule has 1 fully saturated rings. The topological polar surface area (TPSA) is 78.5 Å². The molecule has 7 heteroatoms. The maximum absolute atomic E-state index is 11.5. The monoisotopic (exact) mass is 337 g/mol. The number of rotatable bonds is 2. The summed E-state index contributed by atoms with van der Waals surface area (Å²) in [5.41, 5.74) is -0.159. The highest BCUT2D eigenvalue weighted by Gasteiger charge is 2.25. The molecule has 1 aliphatic rings. The molecule has 0 aliphatic carbocycles. The van der Waals surface area contributed by atoms with Gasteiger partial charge in [-0.2, -0.15) is 0 Å². The van der Waals surface area contributed by atoms with Crippen molar-refractivity contribution in [3.05, 3.63) is 20.3 Å². The summed E-state index contributed by atoms with van der Waals surface area (Å²) < 4.78 is 5.82. The molecule has 0 radical (unpaired) electrons. The molecule has 1 unspecified atom stereocenters.